The lowest BCUT2D eigenvalue weighted by atomic mass is 10.2. The molecule has 0 aromatic carbocycles. The summed E-state index contributed by atoms with van der Waals surface area (Å²) in [5.74, 6) is -0.218. The molecule has 5 heteroatoms. The monoisotopic (exact) mass is 286 g/mol. The fourth-order valence-electron chi connectivity index (χ4n) is 1.33. The summed E-state index contributed by atoms with van der Waals surface area (Å²) < 4.78 is 5.58. The number of hydrogen-bond acceptors (Lipinski definition) is 4. The molecule has 0 aliphatic heterocycles. The van der Waals surface area contributed by atoms with Crippen LogP contribution in [0.5, 0.6) is 0 Å². The van der Waals surface area contributed by atoms with Crippen LogP contribution in [0.15, 0.2) is 22.9 Å². The zero-order chi connectivity index (χ0) is 12.0. The van der Waals surface area contributed by atoms with E-state index in [0.29, 0.717) is 13.1 Å². The number of carbonyl (C=O) groups excluding carboxylic acids is 1. The van der Waals surface area contributed by atoms with E-state index in [9.17, 15) is 4.79 Å². The highest BCUT2D eigenvalue weighted by atomic mass is 79.9. The van der Waals surface area contributed by atoms with Gasteiger partial charge in [-0.05, 0) is 34.1 Å². The quantitative estimate of drug-likeness (QED) is 0.775. The van der Waals surface area contributed by atoms with Gasteiger partial charge in [0.1, 0.15) is 0 Å². The van der Waals surface area contributed by atoms with E-state index in [0.717, 1.165) is 16.6 Å². The lowest BCUT2D eigenvalue weighted by molar-refractivity contribution is -0.142. The number of halogens is 1. The minimum Gasteiger partial charge on any atom is -0.468 e. The molecule has 0 unspecified atom stereocenters. The van der Waals surface area contributed by atoms with Crippen molar-refractivity contribution in [3.8, 4) is 0 Å². The summed E-state index contributed by atoms with van der Waals surface area (Å²) in [4.78, 5) is 17.2. The maximum Gasteiger partial charge on any atom is 0.319 e. The molecular formula is C11H15BrN2O2. The highest BCUT2D eigenvalue weighted by molar-refractivity contribution is 9.10. The maximum atomic E-state index is 11.1. The number of esters is 1. The smallest absolute Gasteiger partial charge is 0.319 e. The third-order valence-corrected chi connectivity index (χ3v) is 2.63. The van der Waals surface area contributed by atoms with Gasteiger partial charge in [-0.3, -0.25) is 14.7 Å². The largest absolute Gasteiger partial charge is 0.468 e. The van der Waals surface area contributed by atoms with Crippen molar-refractivity contribution in [2.24, 2.45) is 0 Å². The van der Waals surface area contributed by atoms with E-state index >= 15 is 0 Å². The number of rotatable bonds is 5. The molecule has 0 amide bonds. The predicted molar refractivity (Wildman–Crippen MR) is 64.9 cm³/mol. The van der Waals surface area contributed by atoms with Crippen LogP contribution in [0, 0.1) is 0 Å². The molecule has 0 atom stereocenters. The van der Waals surface area contributed by atoms with Gasteiger partial charge in [-0.25, -0.2) is 0 Å². The third kappa shape index (κ3) is 4.28. The second-order valence-electron chi connectivity index (χ2n) is 3.39. The number of ether oxygens (including phenoxy) is 1. The van der Waals surface area contributed by atoms with Gasteiger partial charge in [0.25, 0.3) is 0 Å². The number of methoxy groups -OCH3 is 1. The van der Waals surface area contributed by atoms with Crippen LogP contribution in [0.1, 0.15) is 12.5 Å². The van der Waals surface area contributed by atoms with Crippen molar-refractivity contribution in [2.75, 3.05) is 20.2 Å². The van der Waals surface area contributed by atoms with Gasteiger partial charge in [-0.1, -0.05) is 6.92 Å². The summed E-state index contributed by atoms with van der Waals surface area (Å²) in [6.45, 7) is 3.80. The van der Waals surface area contributed by atoms with Gasteiger partial charge < -0.3 is 4.74 Å². The molecule has 1 aromatic heterocycles. The Labute approximate surface area is 104 Å². The Morgan fingerprint density at radius 3 is 2.88 bits per heavy atom. The lowest BCUT2D eigenvalue weighted by Gasteiger charge is -2.18. The van der Waals surface area contributed by atoms with Crippen molar-refractivity contribution in [1.82, 2.24) is 9.88 Å². The summed E-state index contributed by atoms with van der Waals surface area (Å²) in [5.41, 5.74) is 1.07. The average molecular weight is 287 g/mol. The number of likely N-dealkylation sites (N-methyl/N-ethyl adjacent to an activating group) is 1. The van der Waals surface area contributed by atoms with Crippen LogP contribution in [0.4, 0.5) is 0 Å². The lowest BCUT2D eigenvalue weighted by Crippen LogP contribution is -2.30. The Bertz CT molecular complexity index is 358. The van der Waals surface area contributed by atoms with E-state index < -0.39 is 0 Å². The summed E-state index contributed by atoms with van der Waals surface area (Å²) >= 11 is 3.37. The van der Waals surface area contributed by atoms with Crippen LogP contribution in [-0.2, 0) is 16.1 Å². The van der Waals surface area contributed by atoms with E-state index in [1.807, 2.05) is 17.9 Å². The van der Waals surface area contributed by atoms with Crippen molar-refractivity contribution in [2.45, 2.75) is 13.5 Å². The Morgan fingerprint density at radius 2 is 2.31 bits per heavy atom. The number of pyridine rings is 1. The summed E-state index contributed by atoms with van der Waals surface area (Å²) in [5, 5.41) is 0. The van der Waals surface area contributed by atoms with Crippen LogP contribution in [-0.4, -0.2) is 36.1 Å². The van der Waals surface area contributed by atoms with Gasteiger partial charge in [0.2, 0.25) is 0 Å². The maximum absolute atomic E-state index is 11.1. The van der Waals surface area contributed by atoms with Gasteiger partial charge in [0.05, 0.1) is 13.7 Å². The Kier molecular flexibility index (Phi) is 5.42. The standard InChI is InChI=1S/C11H15BrN2O2/c1-3-14(8-11(15)16-2)7-9-4-10(12)6-13-5-9/h4-6H,3,7-8H2,1-2H3. The minimum atomic E-state index is -0.218. The van der Waals surface area contributed by atoms with Crippen molar-refractivity contribution in [1.29, 1.82) is 0 Å². The normalized spacial score (nSPS) is 10.5. The average Bonchev–Trinajstić information content (AvgIpc) is 2.28. The molecule has 0 bridgehead atoms. The molecule has 0 N–H and O–H groups in total. The molecule has 0 aliphatic rings. The van der Waals surface area contributed by atoms with Crippen LogP contribution in [0.3, 0.4) is 0 Å². The van der Waals surface area contributed by atoms with Crippen molar-refractivity contribution in [3.05, 3.63) is 28.5 Å². The molecule has 1 aromatic rings. The van der Waals surface area contributed by atoms with Gasteiger partial charge in [-0.15, -0.1) is 0 Å². The number of hydrogen-bond donors (Lipinski definition) is 0. The van der Waals surface area contributed by atoms with Gasteiger partial charge in [0, 0.05) is 23.4 Å². The first-order valence-corrected chi connectivity index (χ1v) is 5.83. The van der Waals surface area contributed by atoms with E-state index in [1.54, 1.807) is 12.4 Å². The predicted octanol–water partition coefficient (Wildman–Crippen LogP) is 1.84. The fraction of sp³-hybridized carbons (Fsp3) is 0.455. The van der Waals surface area contributed by atoms with Crippen LogP contribution >= 0.6 is 15.9 Å². The Hall–Kier alpha value is -0.940. The molecular weight excluding hydrogens is 272 g/mol. The molecule has 16 heavy (non-hydrogen) atoms. The van der Waals surface area contributed by atoms with Crippen molar-refractivity contribution < 1.29 is 9.53 Å². The second kappa shape index (κ2) is 6.60. The first-order chi connectivity index (χ1) is 7.65. The van der Waals surface area contributed by atoms with Crippen LogP contribution < -0.4 is 0 Å². The Balaban J connectivity index is 2.59. The zero-order valence-electron chi connectivity index (χ0n) is 9.44. The number of carbonyl (C=O) groups is 1. The SMILES string of the molecule is CCN(CC(=O)OC)Cc1cncc(Br)c1. The molecule has 88 valence electrons. The van der Waals surface area contributed by atoms with Gasteiger partial charge in [0.15, 0.2) is 0 Å². The summed E-state index contributed by atoms with van der Waals surface area (Å²) in [6.07, 6.45) is 3.53. The molecule has 4 nitrogen and oxygen atoms in total. The van der Waals surface area contributed by atoms with E-state index in [1.165, 1.54) is 7.11 Å². The van der Waals surface area contributed by atoms with E-state index in [-0.39, 0.29) is 5.97 Å². The molecule has 0 radical (unpaired) electrons. The first-order valence-electron chi connectivity index (χ1n) is 5.04. The second-order valence-corrected chi connectivity index (χ2v) is 4.31. The summed E-state index contributed by atoms with van der Waals surface area (Å²) in [6, 6.07) is 1.99. The molecule has 0 fully saturated rings. The topological polar surface area (TPSA) is 42.4 Å². The van der Waals surface area contributed by atoms with Crippen molar-refractivity contribution >= 4 is 21.9 Å². The van der Waals surface area contributed by atoms with Crippen LogP contribution in [0.2, 0.25) is 0 Å². The minimum absolute atomic E-state index is 0.218. The molecule has 0 saturated heterocycles. The molecule has 1 heterocycles. The van der Waals surface area contributed by atoms with Crippen molar-refractivity contribution in [3.63, 3.8) is 0 Å². The first kappa shape index (κ1) is 13.1. The van der Waals surface area contributed by atoms with Gasteiger partial charge >= 0.3 is 5.97 Å². The summed E-state index contributed by atoms with van der Waals surface area (Å²) in [7, 11) is 1.40. The third-order valence-electron chi connectivity index (χ3n) is 2.20. The van der Waals surface area contributed by atoms with Gasteiger partial charge in [-0.2, -0.15) is 0 Å². The van der Waals surface area contributed by atoms with E-state index in [2.05, 4.69) is 25.7 Å². The molecule has 0 saturated carbocycles. The highest BCUT2D eigenvalue weighted by Crippen LogP contribution is 2.11. The number of nitrogens with zero attached hydrogens (tertiary/aromatic N) is 2. The van der Waals surface area contributed by atoms with E-state index in [4.69, 9.17) is 0 Å². The fourth-order valence-corrected chi connectivity index (χ4v) is 1.74. The molecule has 0 spiro atoms. The molecule has 0 aliphatic carbocycles. The highest BCUT2D eigenvalue weighted by Gasteiger charge is 2.09. The Morgan fingerprint density at radius 1 is 1.56 bits per heavy atom. The number of aromatic nitrogens is 1. The molecule has 1 rings (SSSR count). The van der Waals surface area contributed by atoms with Crippen LogP contribution in [0.25, 0.3) is 0 Å². The zero-order valence-corrected chi connectivity index (χ0v) is 11.0.